The molecule has 1 heterocycles. The van der Waals surface area contributed by atoms with Crippen LogP contribution in [0.5, 0.6) is 11.5 Å². The summed E-state index contributed by atoms with van der Waals surface area (Å²) in [5.74, 6) is 2.64. The molecule has 0 bridgehead atoms. The molecule has 1 fully saturated rings. The van der Waals surface area contributed by atoms with E-state index >= 15 is 0 Å². The van der Waals surface area contributed by atoms with Crippen LogP contribution in [0.2, 0.25) is 0 Å². The summed E-state index contributed by atoms with van der Waals surface area (Å²) in [6, 6.07) is 7.31. The Morgan fingerprint density at radius 2 is 1.89 bits per heavy atom. The number of benzene rings is 1. The molecule has 0 aromatic heterocycles. The maximum absolute atomic E-state index is 5.62. The molecule has 18 heavy (non-hydrogen) atoms. The number of rotatable bonds is 3. The molecule has 0 radical (unpaired) electrons. The van der Waals surface area contributed by atoms with Crippen molar-refractivity contribution in [2.45, 2.75) is 38.8 Å². The summed E-state index contributed by atoms with van der Waals surface area (Å²) in [5, 5.41) is 3.67. The first-order valence-electron chi connectivity index (χ1n) is 6.88. The third kappa shape index (κ3) is 2.32. The topological polar surface area (TPSA) is 30.5 Å². The van der Waals surface area contributed by atoms with Gasteiger partial charge in [-0.2, -0.15) is 0 Å². The molecule has 0 amide bonds. The van der Waals surface area contributed by atoms with Crippen molar-refractivity contribution in [3.63, 3.8) is 0 Å². The minimum atomic E-state index is 0.373. The molecule has 2 aliphatic rings. The maximum Gasteiger partial charge on any atom is 0.161 e. The van der Waals surface area contributed by atoms with E-state index < -0.39 is 0 Å². The number of hydrogen-bond acceptors (Lipinski definition) is 3. The smallest absolute Gasteiger partial charge is 0.161 e. The third-order valence-corrected chi connectivity index (χ3v) is 3.93. The van der Waals surface area contributed by atoms with Gasteiger partial charge in [0.15, 0.2) is 11.5 Å². The fourth-order valence-electron chi connectivity index (χ4n) is 2.82. The molecule has 1 aliphatic carbocycles. The number of nitrogens with one attached hydrogen (secondary N) is 1. The summed E-state index contributed by atoms with van der Waals surface area (Å²) >= 11 is 0. The van der Waals surface area contributed by atoms with Crippen LogP contribution in [0.4, 0.5) is 0 Å². The zero-order valence-electron chi connectivity index (χ0n) is 11.1. The van der Waals surface area contributed by atoms with Crippen LogP contribution < -0.4 is 14.8 Å². The van der Waals surface area contributed by atoms with Crippen LogP contribution in [0.3, 0.4) is 0 Å². The summed E-state index contributed by atoms with van der Waals surface area (Å²) in [6.45, 7) is 5.83. The highest BCUT2D eigenvalue weighted by atomic mass is 16.6. The lowest BCUT2D eigenvalue weighted by atomic mass is 9.81. The molecule has 3 heteroatoms. The molecule has 1 aliphatic heterocycles. The van der Waals surface area contributed by atoms with Gasteiger partial charge in [-0.3, -0.25) is 0 Å². The van der Waals surface area contributed by atoms with E-state index in [0.717, 1.165) is 17.4 Å². The second-order valence-electron chi connectivity index (χ2n) is 5.56. The monoisotopic (exact) mass is 247 g/mol. The highest BCUT2D eigenvalue weighted by molar-refractivity contribution is 5.44. The van der Waals surface area contributed by atoms with Gasteiger partial charge in [-0.25, -0.2) is 0 Å². The molecule has 98 valence electrons. The Hall–Kier alpha value is -1.22. The van der Waals surface area contributed by atoms with Gasteiger partial charge < -0.3 is 14.8 Å². The average molecular weight is 247 g/mol. The summed E-state index contributed by atoms with van der Waals surface area (Å²) < 4.78 is 11.2. The normalized spacial score (nSPS) is 27.4. The molecule has 1 unspecified atom stereocenters. The zero-order valence-corrected chi connectivity index (χ0v) is 11.1. The predicted octanol–water partition coefficient (Wildman–Crippen LogP) is 2.91. The Bertz CT molecular complexity index is 427. The molecular formula is C15H21NO2. The van der Waals surface area contributed by atoms with Crippen LogP contribution in [0, 0.1) is 5.92 Å². The van der Waals surface area contributed by atoms with E-state index in [2.05, 4.69) is 31.3 Å². The first-order chi connectivity index (χ1) is 8.72. The number of hydrogen-bond donors (Lipinski definition) is 1. The zero-order chi connectivity index (χ0) is 12.5. The van der Waals surface area contributed by atoms with Gasteiger partial charge in [0, 0.05) is 12.1 Å². The fourth-order valence-corrected chi connectivity index (χ4v) is 2.82. The van der Waals surface area contributed by atoms with Crippen LogP contribution in [0.15, 0.2) is 18.2 Å². The van der Waals surface area contributed by atoms with Crippen molar-refractivity contribution in [1.29, 1.82) is 0 Å². The minimum Gasteiger partial charge on any atom is -0.486 e. The molecule has 3 rings (SSSR count). The lowest BCUT2D eigenvalue weighted by molar-refractivity contribution is 0.171. The van der Waals surface area contributed by atoms with Crippen molar-refractivity contribution < 1.29 is 9.47 Å². The Morgan fingerprint density at radius 1 is 1.17 bits per heavy atom. The van der Waals surface area contributed by atoms with E-state index in [4.69, 9.17) is 9.47 Å². The first-order valence-corrected chi connectivity index (χ1v) is 6.88. The quantitative estimate of drug-likeness (QED) is 0.891. The van der Waals surface area contributed by atoms with Crippen LogP contribution in [0.1, 0.15) is 38.3 Å². The van der Waals surface area contributed by atoms with Crippen LogP contribution in [-0.4, -0.2) is 19.3 Å². The van der Waals surface area contributed by atoms with Crippen LogP contribution >= 0.6 is 0 Å². The summed E-state index contributed by atoms with van der Waals surface area (Å²) in [6.07, 6.45) is 2.60. The Balaban J connectivity index is 1.67. The average Bonchev–Trinajstić information content (AvgIpc) is 2.36. The highest BCUT2D eigenvalue weighted by Gasteiger charge is 2.26. The maximum atomic E-state index is 5.62. The van der Waals surface area contributed by atoms with Crippen molar-refractivity contribution in [3.8, 4) is 11.5 Å². The largest absolute Gasteiger partial charge is 0.486 e. The summed E-state index contributed by atoms with van der Waals surface area (Å²) in [4.78, 5) is 0. The molecular weight excluding hydrogens is 226 g/mol. The summed E-state index contributed by atoms with van der Waals surface area (Å²) in [5.41, 5.74) is 1.28. The fraction of sp³-hybridized carbons (Fsp3) is 0.600. The van der Waals surface area contributed by atoms with Gasteiger partial charge in [-0.1, -0.05) is 13.0 Å². The van der Waals surface area contributed by atoms with Crippen molar-refractivity contribution >= 4 is 0 Å². The van der Waals surface area contributed by atoms with Gasteiger partial charge in [-0.15, -0.1) is 0 Å². The molecule has 3 nitrogen and oxygen atoms in total. The van der Waals surface area contributed by atoms with Crippen LogP contribution in [-0.2, 0) is 0 Å². The van der Waals surface area contributed by atoms with Crippen molar-refractivity contribution in [3.05, 3.63) is 23.8 Å². The Kier molecular flexibility index (Phi) is 3.16. The van der Waals surface area contributed by atoms with Crippen LogP contribution in [0.25, 0.3) is 0 Å². The standard InChI is InChI=1S/C15H21NO2/c1-10-7-13(8-10)16-11(2)12-3-4-14-15(9-12)18-6-5-17-14/h3-4,9-11,13,16H,5-8H2,1-2H3. The Labute approximate surface area is 108 Å². The van der Waals surface area contributed by atoms with Gasteiger partial charge in [0.05, 0.1) is 0 Å². The second kappa shape index (κ2) is 4.81. The van der Waals surface area contributed by atoms with Gasteiger partial charge in [0.25, 0.3) is 0 Å². The second-order valence-corrected chi connectivity index (χ2v) is 5.56. The molecule has 1 aromatic carbocycles. The van der Waals surface area contributed by atoms with E-state index in [1.165, 1.54) is 18.4 Å². The number of ether oxygens (including phenoxy) is 2. The SMILES string of the molecule is CC1CC(NC(C)c2ccc3c(c2)OCCO3)C1. The molecule has 1 atom stereocenters. The molecule has 0 spiro atoms. The number of fused-ring (bicyclic) bond motifs is 1. The van der Waals surface area contributed by atoms with Crippen molar-refractivity contribution in [2.75, 3.05) is 13.2 Å². The lowest BCUT2D eigenvalue weighted by Crippen LogP contribution is -2.41. The van der Waals surface area contributed by atoms with Crippen molar-refractivity contribution in [1.82, 2.24) is 5.32 Å². The summed E-state index contributed by atoms with van der Waals surface area (Å²) in [7, 11) is 0. The molecule has 0 saturated heterocycles. The van der Waals surface area contributed by atoms with Gasteiger partial charge in [0.1, 0.15) is 13.2 Å². The Morgan fingerprint density at radius 3 is 2.61 bits per heavy atom. The molecule has 1 aromatic rings. The van der Waals surface area contributed by atoms with E-state index in [9.17, 15) is 0 Å². The van der Waals surface area contributed by atoms with Gasteiger partial charge in [0.2, 0.25) is 0 Å². The van der Waals surface area contributed by atoms with Crippen molar-refractivity contribution in [2.24, 2.45) is 5.92 Å². The van der Waals surface area contributed by atoms with E-state index in [1.54, 1.807) is 0 Å². The van der Waals surface area contributed by atoms with E-state index in [-0.39, 0.29) is 0 Å². The van der Waals surface area contributed by atoms with Gasteiger partial charge >= 0.3 is 0 Å². The van der Waals surface area contributed by atoms with Gasteiger partial charge in [-0.05, 0) is 43.4 Å². The first kappa shape index (κ1) is 11.8. The van der Waals surface area contributed by atoms with E-state index in [0.29, 0.717) is 25.3 Å². The third-order valence-electron chi connectivity index (χ3n) is 3.93. The highest BCUT2D eigenvalue weighted by Crippen LogP contribution is 2.34. The molecule has 1 N–H and O–H groups in total. The minimum absolute atomic E-state index is 0.373. The van der Waals surface area contributed by atoms with E-state index in [1.807, 2.05) is 6.07 Å². The predicted molar refractivity (Wildman–Crippen MR) is 71.2 cm³/mol. The lowest BCUT2D eigenvalue weighted by Gasteiger charge is -2.36. The molecule has 1 saturated carbocycles.